The van der Waals surface area contributed by atoms with Gasteiger partial charge in [0.05, 0.1) is 0 Å². The van der Waals surface area contributed by atoms with Gasteiger partial charge in [0.15, 0.2) is 0 Å². The van der Waals surface area contributed by atoms with Gasteiger partial charge in [-0.15, -0.1) is 0 Å². The molecule has 0 aliphatic rings. The first kappa shape index (κ1) is 13.2. The number of rotatable bonds is 1. The zero-order valence-electron chi connectivity index (χ0n) is 4.49. The molecule has 0 heterocycles. The van der Waals surface area contributed by atoms with Crippen molar-refractivity contribution in [3.63, 3.8) is 0 Å². The zero-order valence-corrected chi connectivity index (χ0v) is 10.7. The van der Waals surface area contributed by atoms with Crippen molar-refractivity contribution < 1.29 is 4.21 Å². The highest BCUT2D eigenvalue weighted by molar-refractivity contribution is 8.72. The molecule has 0 saturated heterocycles. The van der Waals surface area contributed by atoms with Gasteiger partial charge < -0.3 is 0 Å². The van der Waals surface area contributed by atoms with Gasteiger partial charge in [-0.3, -0.25) is 0 Å². The third kappa shape index (κ3) is 7.32. The lowest BCUT2D eigenvalue weighted by Gasteiger charge is -2.13. The Morgan fingerprint density at radius 2 is 1.36 bits per heavy atom. The summed E-state index contributed by atoms with van der Waals surface area (Å²) in [6.07, 6.45) is 0. The summed E-state index contributed by atoms with van der Waals surface area (Å²) in [5, 5.41) is 0. The fraction of sp³-hybridized carbons (Fsp3) is 1.00. The molecular formula is C2Cl6OS2. The lowest BCUT2D eigenvalue weighted by Crippen LogP contribution is -2.11. The second-order valence-electron chi connectivity index (χ2n) is 1.21. The normalized spacial score (nSPS) is 16.5. The van der Waals surface area contributed by atoms with Crippen LogP contribution in [0.5, 0.6) is 0 Å². The third-order valence-corrected chi connectivity index (χ3v) is 6.63. The minimum absolute atomic E-state index is 0.436. The van der Waals surface area contributed by atoms with Crippen molar-refractivity contribution in [1.82, 2.24) is 0 Å². The molecule has 0 aromatic carbocycles. The van der Waals surface area contributed by atoms with Crippen LogP contribution in [0.2, 0.25) is 0 Å². The van der Waals surface area contributed by atoms with Gasteiger partial charge >= 0.3 is 0 Å². The van der Waals surface area contributed by atoms with Gasteiger partial charge in [0.2, 0.25) is 3.12 Å². The standard InChI is InChI=1S/C2Cl6OS2/c3-1(4,5)10-11(9)2(6,7)8. The van der Waals surface area contributed by atoms with Crippen molar-refractivity contribution in [2.75, 3.05) is 0 Å². The first-order valence-electron chi connectivity index (χ1n) is 1.88. The van der Waals surface area contributed by atoms with E-state index in [0.717, 1.165) is 0 Å². The highest BCUT2D eigenvalue weighted by atomic mass is 35.6. The summed E-state index contributed by atoms with van der Waals surface area (Å²) in [5.41, 5.74) is 0. The molecule has 0 aliphatic carbocycles. The summed E-state index contributed by atoms with van der Waals surface area (Å²) < 4.78 is 7.23. The highest BCUT2D eigenvalue weighted by Gasteiger charge is 2.36. The number of hydrogen-bond acceptors (Lipinski definition) is 2. The average molecular weight is 317 g/mol. The smallest absolute Gasteiger partial charge is 0.243 e. The molecule has 1 unspecified atom stereocenters. The van der Waals surface area contributed by atoms with Crippen molar-refractivity contribution in [3.05, 3.63) is 0 Å². The molecule has 0 fully saturated rings. The minimum atomic E-state index is -1.94. The maximum atomic E-state index is 10.9. The molecule has 68 valence electrons. The molecule has 0 N–H and O–H groups in total. The van der Waals surface area contributed by atoms with E-state index >= 15 is 0 Å². The molecule has 0 rings (SSSR count). The zero-order chi connectivity index (χ0) is 9.28. The van der Waals surface area contributed by atoms with Gasteiger partial charge in [-0.05, 0) is 10.8 Å². The average Bonchev–Trinajstić information content (AvgIpc) is 1.56. The molecular weight excluding hydrogens is 317 g/mol. The summed E-state index contributed by atoms with van der Waals surface area (Å²) in [4.78, 5) is 0. The Morgan fingerprint density at radius 3 is 1.45 bits per heavy atom. The van der Waals surface area contributed by atoms with Crippen LogP contribution < -0.4 is 0 Å². The van der Waals surface area contributed by atoms with Crippen LogP contribution in [0.25, 0.3) is 0 Å². The molecule has 0 amide bonds. The molecule has 0 aromatic rings. The molecule has 1 nitrogen and oxygen atoms in total. The van der Waals surface area contributed by atoms with Gasteiger partial charge in [0.25, 0.3) is 3.12 Å². The minimum Gasteiger partial charge on any atom is -0.243 e. The molecule has 0 aliphatic heterocycles. The molecule has 0 aromatic heterocycles. The van der Waals surface area contributed by atoms with E-state index in [0.29, 0.717) is 10.8 Å². The monoisotopic (exact) mass is 314 g/mol. The maximum Gasteiger partial charge on any atom is 0.276 e. The van der Waals surface area contributed by atoms with E-state index in [9.17, 15) is 4.21 Å². The molecule has 9 heteroatoms. The van der Waals surface area contributed by atoms with Crippen LogP contribution in [0, 0.1) is 0 Å². The summed E-state index contributed by atoms with van der Waals surface area (Å²) in [5.74, 6) is 0. The molecule has 0 saturated carbocycles. The van der Waals surface area contributed by atoms with Gasteiger partial charge in [-0.2, -0.15) is 0 Å². The van der Waals surface area contributed by atoms with E-state index < -0.39 is 16.1 Å². The van der Waals surface area contributed by atoms with Gasteiger partial charge in [-0.1, -0.05) is 69.6 Å². The van der Waals surface area contributed by atoms with E-state index in [4.69, 9.17) is 69.6 Å². The first-order chi connectivity index (χ1) is 4.63. The molecule has 0 spiro atoms. The maximum absolute atomic E-state index is 10.9. The fourth-order valence-corrected chi connectivity index (χ4v) is 3.59. The summed E-state index contributed by atoms with van der Waals surface area (Å²) in [6, 6.07) is 0. The lowest BCUT2D eigenvalue weighted by molar-refractivity contribution is 0.692. The van der Waals surface area contributed by atoms with Crippen LogP contribution in [-0.2, 0) is 9.83 Å². The topological polar surface area (TPSA) is 17.1 Å². The van der Waals surface area contributed by atoms with Crippen LogP contribution >= 0.6 is 80.4 Å². The van der Waals surface area contributed by atoms with Crippen molar-refractivity contribution in [3.8, 4) is 0 Å². The van der Waals surface area contributed by atoms with Crippen molar-refractivity contribution in [2.45, 2.75) is 6.25 Å². The van der Waals surface area contributed by atoms with Crippen LogP contribution in [0.3, 0.4) is 0 Å². The van der Waals surface area contributed by atoms with Gasteiger partial charge in [0, 0.05) is 0 Å². The molecule has 1 atom stereocenters. The van der Waals surface area contributed by atoms with E-state index in [-0.39, 0.29) is 0 Å². The van der Waals surface area contributed by atoms with E-state index in [1.54, 1.807) is 0 Å². The Labute approximate surface area is 99.8 Å². The fourth-order valence-electron chi connectivity index (χ4n) is 0.133. The Balaban J connectivity index is 4.11. The van der Waals surface area contributed by atoms with Crippen LogP contribution in [0.4, 0.5) is 0 Å². The van der Waals surface area contributed by atoms with Crippen LogP contribution in [0.15, 0.2) is 0 Å². The molecule has 11 heavy (non-hydrogen) atoms. The Bertz CT molecular complexity index is 157. The summed E-state index contributed by atoms with van der Waals surface area (Å²) in [6.45, 7) is 0. The van der Waals surface area contributed by atoms with Crippen molar-refractivity contribution in [1.29, 1.82) is 0 Å². The number of alkyl halides is 6. The van der Waals surface area contributed by atoms with Crippen LogP contribution in [-0.4, -0.2) is 10.5 Å². The first-order valence-corrected chi connectivity index (χ1v) is 6.63. The highest BCUT2D eigenvalue weighted by Crippen LogP contribution is 2.47. The van der Waals surface area contributed by atoms with Crippen molar-refractivity contribution in [2.24, 2.45) is 0 Å². The van der Waals surface area contributed by atoms with Crippen LogP contribution in [0.1, 0.15) is 0 Å². The van der Waals surface area contributed by atoms with Gasteiger partial charge in [-0.25, -0.2) is 4.21 Å². The van der Waals surface area contributed by atoms with Crippen molar-refractivity contribution >= 4 is 90.2 Å². The Kier molecular flexibility index (Phi) is 5.59. The largest absolute Gasteiger partial charge is 0.276 e. The lowest BCUT2D eigenvalue weighted by atomic mass is 11.8. The number of hydrogen-bond donors (Lipinski definition) is 0. The van der Waals surface area contributed by atoms with E-state index in [1.165, 1.54) is 0 Å². The van der Waals surface area contributed by atoms with E-state index in [2.05, 4.69) is 0 Å². The quantitative estimate of drug-likeness (QED) is 0.536. The van der Waals surface area contributed by atoms with E-state index in [1.807, 2.05) is 0 Å². The third-order valence-electron chi connectivity index (χ3n) is 0.359. The summed E-state index contributed by atoms with van der Waals surface area (Å²) in [7, 11) is -1.45. The second-order valence-corrected chi connectivity index (χ2v) is 10.4. The Hall–Kier alpha value is 2.24. The summed E-state index contributed by atoms with van der Waals surface area (Å²) >= 11 is 31.4. The molecule has 0 bridgehead atoms. The SMILES string of the molecule is O=S(SC(Cl)(Cl)Cl)C(Cl)(Cl)Cl. The number of halogens is 6. The second kappa shape index (κ2) is 4.65. The predicted molar refractivity (Wildman–Crippen MR) is 56.3 cm³/mol. The molecule has 0 radical (unpaired) electrons. The Morgan fingerprint density at radius 1 is 1.00 bits per heavy atom. The predicted octanol–water partition coefficient (Wildman–Crippen LogP) is 4.04. The van der Waals surface area contributed by atoms with Gasteiger partial charge in [0.1, 0.15) is 9.83 Å².